The largest absolute Gasteiger partial charge is 0.450 e. The molecule has 0 spiro atoms. The SMILES string of the molecule is Cc1c(C(=O)N2CCC(C#N)CC2)oc2c1ccc1ccccc12. The highest BCUT2D eigenvalue weighted by Gasteiger charge is 2.27. The minimum absolute atomic E-state index is 0.0646. The maximum Gasteiger partial charge on any atom is 0.289 e. The van der Waals surface area contributed by atoms with Crippen molar-refractivity contribution in [1.29, 1.82) is 5.26 Å². The Balaban J connectivity index is 1.75. The summed E-state index contributed by atoms with van der Waals surface area (Å²) < 4.78 is 6.02. The molecule has 1 amide bonds. The van der Waals surface area contributed by atoms with Gasteiger partial charge in [-0.25, -0.2) is 0 Å². The number of fused-ring (bicyclic) bond motifs is 3. The first-order valence-corrected chi connectivity index (χ1v) is 8.29. The monoisotopic (exact) mass is 318 g/mol. The van der Waals surface area contributed by atoms with Crippen LogP contribution in [0.25, 0.3) is 21.7 Å². The van der Waals surface area contributed by atoms with Crippen LogP contribution in [0.2, 0.25) is 0 Å². The molecule has 1 aromatic heterocycles. The van der Waals surface area contributed by atoms with Gasteiger partial charge in [0.2, 0.25) is 0 Å². The highest BCUT2D eigenvalue weighted by atomic mass is 16.3. The van der Waals surface area contributed by atoms with Crippen LogP contribution < -0.4 is 0 Å². The molecule has 0 bridgehead atoms. The van der Waals surface area contributed by atoms with Gasteiger partial charge in [-0.2, -0.15) is 5.26 Å². The number of nitriles is 1. The van der Waals surface area contributed by atoms with Gasteiger partial charge in [-0.05, 0) is 25.2 Å². The van der Waals surface area contributed by atoms with Crippen molar-refractivity contribution in [1.82, 2.24) is 4.90 Å². The Bertz CT molecular complexity index is 972. The van der Waals surface area contributed by atoms with Crippen LogP contribution in [0, 0.1) is 24.2 Å². The van der Waals surface area contributed by atoms with Crippen molar-refractivity contribution in [2.24, 2.45) is 5.92 Å². The van der Waals surface area contributed by atoms with Crippen molar-refractivity contribution in [3.05, 3.63) is 47.7 Å². The summed E-state index contributed by atoms with van der Waals surface area (Å²) in [5.74, 6) is 0.427. The van der Waals surface area contributed by atoms with Crippen molar-refractivity contribution >= 4 is 27.6 Å². The Hall–Kier alpha value is -2.80. The fourth-order valence-electron chi connectivity index (χ4n) is 3.51. The number of carbonyl (C=O) groups excluding carboxylic acids is 1. The topological polar surface area (TPSA) is 57.2 Å². The van der Waals surface area contributed by atoms with E-state index in [1.54, 1.807) is 4.90 Å². The molecule has 0 N–H and O–H groups in total. The smallest absolute Gasteiger partial charge is 0.289 e. The molecule has 2 heterocycles. The normalized spacial score (nSPS) is 15.8. The van der Waals surface area contributed by atoms with Crippen LogP contribution in [0.4, 0.5) is 0 Å². The zero-order valence-electron chi connectivity index (χ0n) is 13.6. The van der Waals surface area contributed by atoms with Gasteiger partial charge in [-0.3, -0.25) is 4.79 Å². The third-order valence-electron chi connectivity index (χ3n) is 4.99. The van der Waals surface area contributed by atoms with Crippen molar-refractivity contribution in [3.63, 3.8) is 0 Å². The number of carbonyl (C=O) groups is 1. The van der Waals surface area contributed by atoms with E-state index in [1.807, 2.05) is 37.3 Å². The molecule has 24 heavy (non-hydrogen) atoms. The summed E-state index contributed by atoms with van der Waals surface area (Å²) in [4.78, 5) is 14.7. The number of hydrogen-bond acceptors (Lipinski definition) is 3. The van der Waals surface area contributed by atoms with Crippen LogP contribution in [0.3, 0.4) is 0 Å². The number of piperidine rings is 1. The predicted octanol–water partition coefficient (Wildman–Crippen LogP) is 4.27. The molecular formula is C20H18N2O2. The van der Waals surface area contributed by atoms with Gasteiger partial charge in [0.15, 0.2) is 5.76 Å². The lowest BCUT2D eigenvalue weighted by molar-refractivity contribution is 0.0676. The highest BCUT2D eigenvalue weighted by Crippen LogP contribution is 2.32. The van der Waals surface area contributed by atoms with Crippen LogP contribution in [-0.4, -0.2) is 23.9 Å². The van der Waals surface area contributed by atoms with Crippen LogP contribution >= 0.6 is 0 Å². The fraction of sp³-hybridized carbons (Fsp3) is 0.300. The average Bonchev–Trinajstić information content (AvgIpc) is 2.98. The van der Waals surface area contributed by atoms with Crippen molar-refractivity contribution in [3.8, 4) is 6.07 Å². The first-order chi connectivity index (χ1) is 11.7. The van der Waals surface area contributed by atoms with E-state index in [0.29, 0.717) is 18.8 Å². The molecule has 3 aromatic rings. The molecule has 0 aliphatic carbocycles. The lowest BCUT2D eigenvalue weighted by atomic mass is 9.98. The van der Waals surface area contributed by atoms with Crippen molar-refractivity contribution < 1.29 is 9.21 Å². The number of benzene rings is 2. The first kappa shape index (κ1) is 14.8. The van der Waals surface area contributed by atoms with E-state index in [-0.39, 0.29) is 11.8 Å². The third-order valence-corrected chi connectivity index (χ3v) is 4.99. The molecule has 0 unspecified atom stereocenters. The second-order valence-corrected chi connectivity index (χ2v) is 6.42. The molecule has 4 rings (SSSR count). The average molecular weight is 318 g/mol. The highest BCUT2D eigenvalue weighted by molar-refractivity contribution is 6.08. The Morgan fingerprint density at radius 1 is 1.17 bits per heavy atom. The molecule has 0 atom stereocenters. The van der Waals surface area contributed by atoms with Gasteiger partial charge >= 0.3 is 0 Å². The number of aryl methyl sites for hydroxylation is 1. The van der Waals surface area contributed by atoms with E-state index >= 15 is 0 Å². The summed E-state index contributed by atoms with van der Waals surface area (Å²) in [7, 11) is 0. The lowest BCUT2D eigenvalue weighted by Gasteiger charge is -2.28. The molecular weight excluding hydrogens is 300 g/mol. The first-order valence-electron chi connectivity index (χ1n) is 8.29. The Morgan fingerprint density at radius 2 is 1.92 bits per heavy atom. The Morgan fingerprint density at radius 3 is 2.67 bits per heavy atom. The van der Waals surface area contributed by atoms with E-state index in [2.05, 4.69) is 12.1 Å². The van der Waals surface area contributed by atoms with E-state index in [1.165, 1.54) is 0 Å². The molecule has 1 aliphatic rings. The van der Waals surface area contributed by atoms with Crippen molar-refractivity contribution in [2.75, 3.05) is 13.1 Å². The van der Waals surface area contributed by atoms with Crippen LogP contribution in [0.15, 0.2) is 40.8 Å². The van der Waals surface area contributed by atoms with Gasteiger partial charge in [-0.1, -0.05) is 36.4 Å². The molecule has 0 radical (unpaired) electrons. The molecule has 4 nitrogen and oxygen atoms in total. The van der Waals surface area contributed by atoms with E-state index < -0.39 is 0 Å². The number of amides is 1. The van der Waals surface area contributed by atoms with Gasteiger partial charge in [-0.15, -0.1) is 0 Å². The number of hydrogen-bond donors (Lipinski definition) is 0. The fourth-order valence-corrected chi connectivity index (χ4v) is 3.51. The predicted molar refractivity (Wildman–Crippen MR) is 92.7 cm³/mol. The van der Waals surface area contributed by atoms with Crippen LogP contribution in [0.5, 0.6) is 0 Å². The summed E-state index contributed by atoms with van der Waals surface area (Å²) in [6, 6.07) is 14.4. The van der Waals surface area contributed by atoms with Gasteiger partial charge in [0.05, 0.1) is 6.07 Å². The molecule has 2 aromatic carbocycles. The number of nitrogens with zero attached hydrogens (tertiary/aromatic N) is 2. The van der Waals surface area contributed by atoms with Crippen LogP contribution in [0.1, 0.15) is 29.0 Å². The van der Waals surface area contributed by atoms with Gasteiger partial charge < -0.3 is 9.32 Å². The molecule has 1 fully saturated rings. The zero-order chi connectivity index (χ0) is 16.7. The number of rotatable bonds is 1. The molecule has 120 valence electrons. The van der Waals surface area contributed by atoms with Gasteiger partial charge in [0, 0.05) is 35.3 Å². The summed E-state index contributed by atoms with van der Waals surface area (Å²) in [6.45, 7) is 3.18. The van der Waals surface area contributed by atoms with Gasteiger partial charge in [0.1, 0.15) is 5.58 Å². The van der Waals surface area contributed by atoms with Crippen molar-refractivity contribution in [2.45, 2.75) is 19.8 Å². The van der Waals surface area contributed by atoms with E-state index in [4.69, 9.17) is 9.68 Å². The third kappa shape index (κ3) is 2.25. The molecule has 0 saturated carbocycles. The zero-order valence-corrected chi connectivity index (χ0v) is 13.6. The standard InChI is InChI=1S/C20H18N2O2/c1-13-16-7-6-15-4-2-3-5-17(15)19(16)24-18(13)20(23)22-10-8-14(12-21)9-11-22/h2-7,14H,8-11H2,1H3. The second-order valence-electron chi connectivity index (χ2n) is 6.42. The Kier molecular flexibility index (Phi) is 3.50. The summed E-state index contributed by atoms with van der Waals surface area (Å²) in [5.41, 5.74) is 1.67. The van der Waals surface area contributed by atoms with Gasteiger partial charge in [0.25, 0.3) is 5.91 Å². The van der Waals surface area contributed by atoms with E-state index in [9.17, 15) is 4.79 Å². The van der Waals surface area contributed by atoms with E-state index in [0.717, 1.165) is 40.1 Å². The molecule has 4 heteroatoms. The minimum atomic E-state index is -0.0656. The quantitative estimate of drug-likeness (QED) is 0.673. The number of likely N-dealkylation sites (tertiary alicyclic amines) is 1. The number of furan rings is 1. The lowest BCUT2D eigenvalue weighted by Crippen LogP contribution is -2.38. The molecule has 1 aliphatic heterocycles. The maximum atomic E-state index is 12.9. The summed E-state index contributed by atoms with van der Waals surface area (Å²) in [6.07, 6.45) is 1.48. The summed E-state index contributed by atoms with van der Waals surface area (Å²) in [5, 5.41) is 12.1. The summed E-state index contributed by atoms with van der Waals surface area (Å²) >= 11 is 0. The van der Waals surface area contributed by atoms with Crippen LogP contribution in [-0.2, 0) is 0 Å². The minimum Gasteiger partial charge on any atom is -0.450 e. The maximum absolute atomic E-state index is 12.9. The molecule has 1 saturated heterocycles. The second kappa shape index (κ2) is 5.68. The Labute approximate surface area is 140 Å².